The standard InChI is InChI=1S/C21H18N2O5S/c24-18(25)8-9-19(26)27-13-15-6-7-17(28-15)20-21-16(10-11-29-21)23(22-20)12-14-4-2-1-3-5-14/h1-7,10-11H,8-9,12-13H2,(H,24,25). The lowest BCUT2D eigenvalue weighted by Crippen LogP contribution is -2.07. The largest absolute Gasteiger partial charge is 0.481 e. The van der Waals surface area contributed by atoms with Crippen molar-refractivity contribution in [3.63, 3.8) is 0 Å². The average molecular weight is 410 g/mol. The Balaban J connectivity index is 1.50. The molecule has 0 aliphatic rings. The zero-order valence-corrected chi connectivity index (χ0v) is 16.2. The van der Waals surface area contributed by atoms with Crippen LogP contribution in [0, 0.1) is 0 Å². The number of carbonyl (C=O) groups is 2. The monoisotopic (exact) mass is 410 g/mol. The van der Waals surface area contributed by atoms with Crippen molar-refractivity contribution in [1.29, 1.82) is 0 Å². The summed E-state index contributed by atoms with van der Waals surface area (Å²) >= 11 is 1.59. The molecule has 0 aliphatic carbocycles. The molecule has 0 aliphatic heterocycles. The molecule has 0 atom stereocenters. The van der Waals surface area contributed by atoms with E-state index >= 15 is 0 Å². The lowest BCUT2D eigenvalue weighted by molar-refractivity contribution is -0.149. The van der Waals surface area contributed by atoms with Crippen LogP contribution in [0.3, 0.4) is 0 Å². The summed E-state index contributed by atoms with van der Waals surface area (Å²) in [6, 6.07) is 15.7. The van der Waals surface area contributed by atoms with Gasteiger partial charge in [-0.1, -0.05) is 30.3 Å². The number of benzene rings is 1. The van der Waals surface area contributed by atoms with Gasteiger partial charge in [0.2, 0.25) is 0 Å². The Bertz CT molecular complexity index is 1140. The van der Waals surface area contributed by atoms with Gasteiger partial charge >= 0.3 is 11.9 Å². The van der Waals surface area contributed by atoms with Gasteiger partial charge in [0.15, 0.2) is 5.76 Å². The minimum Gasteiger partial charge on any atom is -0.481 e. The Hall–Kier alpha value is -3.39. The molecule has 0 fully saturated rings. The smallest absolute Gasteiger partial charge is 0.306 e. The van der Waals surface area contributed by atoms with E-state index in [2.05, 4.69) is 12.1 Å². The van der Waals surface area contributed by atoms with Crippen LogP contribution < -0.4 is 0 Å². The van der Waals surface area contributed by atoms with E-state index in [1.54, 1.807) is 23.5 Å². The molecule has 0 saturated carbocycles. The topological polar surface area (TPSA) is 94.6 Å². The van der Waals surface area contributed by atoms with Crippen molar-refractivity contribution in [2.75, 3.05) is 0 Å². The Morgan fingerprint density at radius 3 is 2.72 bits per heavy atom. The number of hydrogen-bond acceptors (Lipinski definition) is 6. The Morgan fingerprint density at radius 1 is 1.10 bits per heavy atom. The third-order valence-electron chi connectivity index (χ3n) is 4.35. The van der Waals surface area contributed by atoms with Crippen LogP contribution in [0.15, 0.2) is 58.3 Å². The zero-order chi connectivity index (χ0) is 20.2. The summed E-state index contributed by atoms with van der Waals surface area (Å²) < 4.78 is 13.9. The normalized spacial score (nSPS) is 11.0. The molecule has 1 N–H and O–H groups in total. The molecule has 0 unspecified atom stereocenters. The van der Waals surface area contributed by atoms with Gasteiger partial charge in [-0.05, 0) is 29.1 Å². The van der Waals surface area contributed by atoms with Crippen LogP contribution in [0.2, 0.25) is 0 Å². The third kappa shape index (κ3) is 4.38. The summed E-state index contributed by atoms with van der Waals surface area (Å²) in [5.41, 5.74) is 2.93. The summed E-state index contributed by atoms with van der Waals surface area (Å²) in [6.45, 7) is 0.611. The highest BCUT2D eigenvalue weighted by atomic mass is 32.1. The highest BCUT2D eigenvalue weighted by Gasteiger charge is 2.17. The maximum atomic E-state index is 11.6. The maximum Gasteiger partial charge on any atom is 0.306 e. The van der Waals surface area contributed by atoms with Crippen LogP contribution in [0.4, 0.5) is 0 Å². The fraction of sp³-hybridized carbons (Fsp3) is 0.190. The molecule has 7 nitrogen and oxygen atoms in total. The molecule has 3 heterocycles. The summed E-state index contributed by atoms with van der Waals surface area (Å²) in [6.07, 6.45) is -0.417. The minimum absolute atomic E-state index is 0.0449. The van der Waals surface area contributed by atoms with E-state index in [-0.39, 0.29) is 19.4 Å². The number of furan rings is 1. The molecule has 0 bridgehead atoms. The Kier molecular flexibility index (Phi) is 5.44. The second kappa shape index (κ2) is 8.32. The summed E-state index contributed by atoms with van der Waals surface area (Å²) in [4.78, 5) is 22.1. The molecule has 29 heavy (non-hydrogen) atoms. The van der Waals surface area contributed by atoms with Crippen molar-refractivity contribution in [1.82, 2.24) is 9.78 Å². The molecular formula is C21H18N2O5S. The zero-order valence-electron chi connectivity index (χ0n) is 15.4. The van der Waals surface area contributed by atoms with Gasteiger partial charge in [-0.2, -0.15) is 5.10 Å². The summed E-state index contributed by atoms with van der Waals surface area (Å²) in [5.74, 6) is -0.529. The van der Waals surface area contributed by atoms with E-state index in [0.29, 0.717) is 18.1 Å². The van der Waals surface area contributed by atoms with Crippen LogP contribution in [0.25, 0.3) is 21.7 Å². The molecule has 0 amide bonds. The number of esters is 1. The van der Waals surface area contributed by atoms with E-state index in [4.69, 9.17) is 19.4 Å². The van der Waals surface area contributed by atoms with Crippen LogP contribution in [0.5, 0.6) is 0 Å². The van der Waals surface area contributed by atoms with E-state index < -0.39 is 11.9 Å². The van der Waals surface area contributed by atoms with Gasteiger partial charge in [0, 0.05) is 0 Å². The first-order valence-electron chi connectivity index (χ1n) is 9.04. The quantitative estimate of drug-likeness (QED) is 0.435. The van der Waals surface area contributed by atoms with Crippen molar-refractivity contribution < 1.29 is 23.8 Å². The van der Waals surface area contributed by atoms with Gasteiger partial charge in [0.25, 0.3) is 0 Å². The summed E-state index contributed by atoms with van der Waals surface area (Å²) in [7, 11) is 0. The van der Waals surface area contributed by atoms with Crippen molar-refractivity contribution in [3.05, 3.63) is 65.2 Å². The van der Waals surface area contributed by atoms with Crippen molar-refractivity contribution in [3.8, 4) is 11.5 Å². The number of ether oxygens (including phenoxy) is 1. The van der Waals surface area contributed by atoms with Gasteiger partial charge < -0.3 is 14.3 Å². The van der Waals surface area contributed by atoms with Crippen molar-refractivity contribution >= 4 is 33.5 Å². The lowest BCUT2D eigenvalue weighted by atomic mass is 10.2. The molecular weight excluding hydrogens is 392 g/mol. The SMILES string of the molecule is O=C(O)CCC(=O)OCc1ccc(-c2nn(Cc3ccccc3)c3ccsc23)o1. The number of nitrogens with zero attached hydrogens (tertiary/aromatic N) is 2. The molecule has 8 heteroatoms. The number of rotatable bonds is 8. The number of thiophene rings is 1. The molecule has 1 aromatic carbocycles. The third-order valence-corrected chi connectivity index (χ3v) is 5.26. The molecule has 4 rings (SSSR count). The predicted molar refractivity (Wildman–Crippen MR) is 108 cm³/mol. The number of carboxylic acid groups (broad SMARTS) is 1. The van der Waals surface area contributed by atoms with Gasteiger partial charge in [0.05, 0.1) is 29.6 Å². The average Bonchev–Trinajstić information content (AvgIpc) is 3.43. The number of hydrogen-bond donors (Lipinski definition) is 1. The first-order chi connectivity index (χ1) is 14.1. The van der Waals surface area contributed by atoms with Gasteiger partial charge in [-0.25, -0.2) is 0 Å². The van der Waals surface area contributed by atoms with E-state index in [9.17, 15) is 9.59 Å². The maximum absolute atomic E-state index is 11.6. The second-order valence-electron chi connectivity index (χ2n) is 6.45. The number of carboxylic acids is 1. The second-order valence-corrected chi connectivity index (χ2v) is 7.36. The molecule has 148 valence electrons. The fourth-order valence-corrected chi connectivity index (χ4v) is 3.84. The number of fused-ring (bicyclic) bond motifs is 1. The molecule has 0 radical (unpaired) electrons. The number of aliphatic carboxylic acids is 1. The molecule has 0 saturated heterocycles. The van der Waals surface area contributed by atoms with Crippen LogP contribution in [-0.2, 0) is 27.5 Å². The highest BCUT2D eigenvalue weighted by Crippen LogP contribution is 2.33. The van der Waals surface area contributed by atoms with Crippen LogP contribution >= 0.6 is 11.3 Å². The van der Waals surface area contributed by atoms with E-state index in [1.165, 1.54) is 0 Å². The summed E-state index contributed by atoms with van der Waals surface area (Å²) in [5, 5.41) is 15.4. The van der Waals surface area contributed by atoms with Crippen LogP contribution in [-0.4, -0.2) is 26.8 Å². The van der Waals surface area contributed by atoms with Gasteiger partial charge in [0.1, 0.15) is 18.1 Å². The minimum atomic E-state index is -1.03. The lowest BCUT2D eigenvalue weighted by Gasteiger charge is -2.02. The Labute approximate surface area is 170 Å². The fourth-order valence-electron chi connectivity index (χ4n) is 2.96. The van der Waals surface area contributed by atoms with Gasteiger partial charge in [-0.3, -0.25) is 14.3 Å². The number of aromatic nitrogens is 2. The molecule has 4 aromatic rings. The Morgan fingerprint density at radius 2 is 1.93 bits per heavy atom. The molecule has 3 aromatic heterocycles. The highest BCUT2D eigenvalue weighted by molar-refractivity contribution is 7.17. The van der Waals surface area contributed by atoms with Crippen molar-refractivity contribution in [2.45, 2.75) is 26.0 Å². The first-order valence-corrected chi connectivity index (χ1v) is 9.92. The predicted octanol–water partition coefficient (Wildman–Crippen LogP) is 4.31. The van der Waals surface area contributed by atoms with Crippen LogP contribution in [0.1, 0.15) is 24.2 Å². The van der Waals surface area contributed by atoms with E-state index in [1.807, 2.05) is 34.3 Å². The van der Waals surface area contributed by atoms with Crippen molar-refractivity contribution in [2.24, 2.45) is 0 Å². The van der Waals surface area contributed by atoms with Gasteiger partial charge in [-0.15, -0.1) is 11.3 Å². The van der Waals surface area contributed by atoms with E-state index in [0.717, 1.165) is 21.5 Å². The number of carbonyl (C=O) groups excluding carboxylic acids is 1. The first kappa shape index (κ1) is 18.9. The molecule has 0 spiro atoms.